The van der Waals surface area contributed by atoms with Gasteiger partial charge in [-0.25, -0.2) is 0 Å². The molecular weight excluding hydrogens is 232 g/mol. The average molecular weight is 266 g/mol. The van der Waals surface area contributed by atoms with Gasteiger partial charge in [0.15, 0.2) is 0 Å². The Morgan fingerprint density at radius 2 is 1.58 bits per heavy atom. The molecule has 2 nitrogen and oxygen atoms in total. The minimum Gasteiger partial charge on any atom is -0.329 e. The summed E-state index contributed by atoms with van der Waals surface area (Å²) in [6, 6.07) is 0.672. The van der Waals surface area contributed by atoms with Crippen LogP contribution in [0.15, 0.2) is 0 Å². The first-order valence-corrected chi connectivity index (χ1v) is 8.66. The van der Waals surface area contributed by atoms with Crippen LogP contribution in [0.3, 0.4) is 0 Å². The monoisotopic (exact) mass is 266 g/mol. The van der Waals surface area contributed by atoms with Crippen LogP contribution in [-0.2, 0) is 0 Å². The molecule has 0 aromatic rings. The Morgan fingerprint density at radius 1 is 0.895 bits per heavy atom. The predicted molar refractivity (Wildman–Crippen MR) is 83.2 cm³/mol. The van der Waals surface area contributed by atoms with Crippen molar-refractivity contribution in [3.05, 3.63) is 0 Å². The highest BCUT2D eigenvalue weighted by Gasteiger charge is 2.29. The summed E-state index contributed by atoms with van der Waals surface area (Å²) >= 11 is 0. The van der Waals surface area contributed by atoms with E-state index in [4.69, 9.17) is 5.73 Å². The third-order valence-electron chi connectivity index (χ3n) is 5.65. The fourth-order valence-corrected chi connectivity index (χ4v) is 4.30. The van der Waals surface area contributed by atoms with Crippen LogP contribution in [-0.4, -0.2) is 30.6 Å². The molecule has 2 rings (SSSR count). The van der Waals surface area contributed by atoms with Gasteiger partial charge in [-0.15, -0.1) is 0 Å². The molecule has 2 fully saturated rings. The van der Waals surface area contributed by atoms with Gasteiger partial charge in [0.1, 0.15) is 0 Å². The van der Waals surface area contributed by atoms with Gasteiger partial charge in [-0.3, -0.25) is 4.90 Å². The van der Waals surface area contributed by atoms with Gasteiger partial charge in [0.2, 0.25) is 0 Å². The molecule has 2 heteroatoms. The molecule has 1 heterocycles. The number of nitrogens with zero attached hydrogens (tertiary/aromatic N) is 1. The van der Waals surface area contributed by atoms with Crippen molar-refractivity contribution in [2.24, 2.45) is 23.5 Å². The Balaban J connectivity index is 1.91. The zero-order valence-electron chi connectivity index (χ0n) is 13.1. The van der Waals surface area contributed by atoms with E-state index in [1.54, 1.807) is 0 Å². The molecule has 0 aromatic carbocycles. The van der Waals surface area contributed by atoms with Crippen LogP contribution in [0, 0.1) is 17.8 Å². The van der Waals surface area contributed by atoms with Gasteiger partial charge >= 0.3 is 0 Å². The third kappa shape index (κ3) is 4.19. The zero-order valence-corrected chi connectivity index (χ0v) is 13.1. The van der Waals surface area contributed by atoms with Gasteiger partial charge in [0.05, 0.1) is 0 Å². The first kappa shape index (κ1) is 15.3. The predicted octanol–water partition coefficient (Wildman–Crippen LogP) is 3.65. The van der Waals surface area contributed by atoms with Gasteiger partial charge < -0.3 is 5.73 Å². The zero-order chi connectivity index (χ0) is 13.7. The van der Waals surface area contributed by atoms with Crippen LogP contribution in [0.5, 0.6) is 0 Å². The van der Waals surface area contributed by atoms with Crippen molar-refractivity contribution in [3.8, 4) is 0 Å². The SMILES string of the molecule is CC(C)C1CCCN(C(CN)C2CCCCC2)CC1. The second-order valence-corrected chi connectivity index (χ2v) is 7.17. The lowest BCUT2D eigenvalue weighted by atomic mass is 9.83. The smallest absolute Gasteiger partial charge is 0.0246 e. The Morgan fingerprint density at radius 3 is 2.21 bits per heavy atom. The number of likely N-dealkylation sites (tertiary alicyclic amines) is 1. The summed E-state index contributed by atoms with van der Waals surface area (Å²) < 4.78 is 0. The molecule has 1 saturated carbocycles. The molecule has 0 bridgehead atoms. The second-order valence-electron chi connectivity index (χ2n) is 7.17. The Kier molecular flexibility index (Phi) is 6.15. The number of hydrogen-bond donors (Lipinski definition) is 1. The van der Waals surface area contributed by atoms with Gasteiger partial charge in [-0.2, -0.15) is 0 Å². The molecule has 1 aliphatic heterocycles. The van der Waals surface area contributed by atoms with Crippen molar-refractivity contribution >= 4 is 0 Å². The molecule has 2 unspecified atom stereocenters. The van der Waals surface area contributed by atoms with E-state index in [0.717, 1.165) is 24.3 Å². The minimum atomic E-state index is 0.672. The van der Waals surface area contributed by atoms with Crippen molar-refractivity contribution < 1.29 is 0 Å². The van der Waals surface area contributed by atoms with E-state index in [9.17, 15) is 0 Å². The number of rotatable bonds is 4. The highest BCUT2D eigenvalue weighted by atomic mass is 15.2. The second kappa shape index (κ2) is 7.64. The fourth-order valence-electron chi connectivity index (χ4n) is 4.30. The van der Waals surface area contributed by atoms with Gasteiger partial charge in [0.25, 0.3) is 0 Å². The summed E-state index contributed by atoms with van der Waals surface area (Å²) in [6.45, 7) is 8.24. The quantitative estimate of drug-likeness (QED) is 0.841. The summed E-state index contributed by atoms with van der Waals surface area (Å²) in [5.41, 5.74) is 6.14. The minimum absolute atomic E-state index is 0.672. The third-order valence-corrected chi connectivity index (χ3v) is 5.65. The number of nitrogens with two attached hydrogens (primary N) is 1. The highest BCUT2D eigenvalue weighted by molar-refractivity contribution is 4.85. The summed E-state index contributed by atoms with van der Waals surface area (Å²) in [6.07, 6.45) is 11.4. The van der Waals surface area contributed by atoms with E-state index in [1.807, 2.05) is 0 Å². The summed E-state index contributed by atoms with van der Waals surface area (Å²) in [7, 11) is 0. The van der Waals surface area contributed by atoms with Crippen LogP contribution in [0.1, 0.15) is 65.2 Å². The summed E-state index contributed by atoms with van der Waals surface area (Å²) in [5.74, 6) is 2.68. The Hall–Kier alpha value is -0.0800. The maximum absolute atomic E-state index is 6.14. The van der Waals surface area contributed by atoms with Crippen molar-refractivity contribution in [1.82, 2.24) is 4.90 Å². The maximum Gasteiger partial charge on any atom is 0.0246 e. The van der Waals surface area contributed by atoms with E-state index < -0.39 is 0 Å². The topological polar surface area (TPSA) is 29.3 Å². The number of hydrogen-bond acceptors (Lipinski definition) is 2. The molecule has 1 saturated heterocycles. The van der Waals surface area contributed by atoms with Crippen LogP contribution in [0.2, 0.25) is 0 Å². The molecule has 0 radical (unpaired) electrons. The van der Waals surface area contributed by atoms with E-state index in [0.29, 0.717) is 6.04 Å². The van der Waals surface area contributed by atoms with Gasteiger partial charge in [-0.1, -0.05) is 33.1 Å². The standard InChI is InChI=1S/C17H34N2/c1-14(2)15-9-6-11-19(12-10-15)17(13-18)16-7-4-3-5-8-16/h14-17H,3-13,18H2,1-2H3. The van der Waals surface area contributed by atoms with Crippen molar-refractivity contribution in [3.63, 3.8) is 0 Å². The molecule has 2 aliphatic rings. The van der Waals surface area contributed by atoms with E-state index in [1.165, 1.54) is 64.5 Å². The van der Waals surface area contributed by atoms with Crippen LogP contribution in [0.25, 0.3) is 0 Å². The molecule has 0 spiro atoms. The molecule has 19 heavy (non-hydrogen) atoms. The largest absolute Gasteiger partial charge is 0.329 e. The van der Waals surface area contributed by atoms with Crippen molar-refractivity contribution in [2.45, 2.75) is 71.3 Å². The van der Waals surface area contributed by atoms with Crippen molar-refractivity contribution in [2.75, 3.05) is 19.6 Å². The van der Waals surface area contributed by atoms with E-state index in [2.05, 4.69) is 18.7 Å². The molecule has 112 valence electrons. The van der Waals surface area contributed by atoms with Crippen molar-refractivity contribution in [1.29, 1.82) is 0 Å². The van der Waals surface area contributed by atoms with Crippen LogP contribution in [0.4, 0.5) is 0 Å². The lowest BCUT2D eigenvalue weighted by Crippen LogP contribution is -2.46. The Labute approximate surface area is 120 Å². The summed E-state index contributed by atoms with van der Waals surface area (Å²) in [5, 5.41) is 0. The van der Waals surface area contributed by atoms with E-state index in [-0.39, 0.29) is 0 Å². The molecule has 1 aliphatic carbocycles. The fraction of sp³-hybridized carbons (Fsp3) is 1.00. The average Bonchev–Trinajstić information content (AvgIpc) is 2.67. The van der Waals surface area contributed by atoms with E-state index >= 15 is 0 Å². The lowest BCUT2D eigenvalue weighted by molar-refractivity contribution is 0.123. The molecule has 2 atom stereocenters. The Bertz CT molecular complexity index is 246. The molecule has 2 N–H and O–H groups in total. The normalized spacial score (nSPS) is 29.4. The summed E-state index contributed by atoms with van der Waals surface area (Å²) in [4.78, 5) is 2.75. The highest BCUT2D eigenvalue weighted by Crippen LogP contribution is 2.31. The first-order chi connectivity index (χ1) is 9.22. The molecule has 0 amide bonds. The maximum atomic E-state index is 6.14. The lowest BCUT2D eigenvalue weighted by Gasteiger charge is -2.38. The molecule has 0 aromatic heterocycles. The van der Waals surface area contributed by atoms with Gasteiger partial charge in [0, 0.05) is 12.6 Å². The van der Waals surface area contributed by atoms with Crippen LogP contribution < -0.4 is 5.73 Å². The first-order valence-electron chi connectivity index (χ1n) is 8.66. The van der Waals surface area contributed by atoms with Crippen LogP contribution >= 0.6 is 0 Å². The molecular formula is C17H34N2. The van der Waals surface area contributed by atoms with Gasteiger partial charge in [-0.05, 0) is 62.9 Å².